The monoisotopic (exact) mass is 552 g/mol. The number of nitrogens with one attached hydrogen (secondary N) is 2. The van der Waals surface area contributed by atoms with Crippen LogP contribution in [0.15, 0.2) is 48.5 Å². The van der Waals surface area contributed by atoms with E-state index in [-0.39, 0.29) is 17.9 Å². The Morgan fingerprint density at radius 3 is 2.20 bits per heavy atom. The van der Waals surface area contributed by atoms with Crippen molar-refractivity contribution in [1.29, 1.82) is 0 Å². The summed E-state index contributed by atoms with van der Waals surface area (Å²) >= 11 is 0. The topological polar surface area (TPSA) is 82.6 Å². The van der Waals surface area contributed by atoms with Crippen LogP contribution in [0.2, 0.25) is 0 Å². The standard InChI is InChI=1S/C29H31F3N6O2/c1-2-37-14-13-24-25(17-37)35-26(36-27(24)38-15-22-11-12-23(16-38)40-22)18-3-7-20(8-4-18)33-28(39)34-21-9-5-19(6-10-21)29(30,31)32/h3-10,22-23H,2,11-17H2,1H3,(H2,33,34,39). The number of amides is 2. The summed E-state index contributed by atoms with van der Waals surface area (Å²) in [4.78, 5) is 27.2. The first-order valence-corrected chi connectivity index (χ1v) is 13.6. The van der Waals surface area contributed by atoms with Gasteiger partial charge in [0.1, 0.15) is 5.82 Å². The summed E-state index contributed by atoms with van der Waals surface area (Å²) in [5, 5.41) is 5.27. The van der Waals surface area contributed by atoms with Gasteiger partial charge in [-0.3, -0.25) is 4.90 Å². The van der Waals surface area contributed by atoms with Gasteiger partial charge < -0.3 is 20.3 Å². The number of aromatic nitrogens is 2. The molecule has 0 spiro atoms. The number of hydrogen-bond acceptors (Lipinski definition) is 6. The Kier molecular flexibility index (Phi) is 7.09. The molecule has 3 aliphatic rings. The molecule has 0 saturated carbocycles. The molecule has 2 fully saturated rings. The number of ether oxygens (including phenoxy) is 1. The molecule has 3 aliphatic heterocycles. The van der Waals surface area contributed by atoms with Crippen LogP contribution in [0.1, 0.15) is 36.6 Å². The Bertz CT molecular complexity index is 1370. The number of morpholine rings is 1. The van der Waals surface area contributed by atoms with Gasteiger partial charge in [-0.25, -0.2) is 14.8 Å². The molecule has 2 unspecified atom stereocenters. The number of carbonyl (C=O) groups is 1. The van der Waals surface area contributed by atoms with Crippen molar-refractivity contribution in [3.63, 3.8) is 0 Å². The van der Waals surface area contributed by atoms with E-state index < -0.39 is 17.8 Å². The van der Waals surface area contributed by atoms with E-state index in [0.29, 0.717) is 11.5 Å². The van der Waals surface area contributed by atoms with Crippen LogP contribution in [0.4, 0.5) is 35.2 Å². The number of nitrogens with zero attached hydrogens (tertiary/aromatic N) is 4. The van der Waals surface area contributed by atoms with Crippen LogP contribution in [0.5, 0.6) is 0 Å². The number of anilines is 3. The molecule has 0 aliphatic carbocycles. The van der Waals surface area contributed by atoms with Crippen LogP contribution < -0.4 is 15.5 Å². The molecule has 6 rings (SSSR count). The fourth-order valence-corrected chi connectivity index (χ4v) is 5.65. The molecule has 3 aromatic rings. The normalized spacial score (nSPS) is 20.8. The summed E-state index contributed by atoms with van der Waals surface area (Å²) in [5.74, 6) is 1.65. The van der Waals surface area contributed by atoms with Crippen LogP contribution >= 0.6 is 0 Å². The van der Waals surface area contributed by atoms with E-state index in [0.717, 1.165) is 81.2 Å². The first-order chi connectivity index (χ1) is 19.2. The molecule has 2 amide bonds. The van der Waals surface area contributed by atoms with Crippen LogP contribution in [-0.4, -0.2) is 59.3 Å². The van der Waals surface area contributed by atoms with E-state index >= 15 is 0 Å². The Labute approximate surface area is 230 Å². The minimum atomic E-state index is -4.43. The van der Waals surface area contributed by atoms with E-state index in [2.05, 4.69) is 27.4 Å². The number of urea groups is 1. The van der Waals surface area contributed by atoms with Crippen LogP contribution in [0.25, 0.3) is 11.4 Å². The number of rotatable bonds is 5. The van der Waals surface area contributed by atoms with Crippen molar-refractivity contribution < 1.29 is 22.7 Å². The van der Waals surface area contributed by atoms with Gasteiger partial charge in [-0.1, -0.05) is 6.92 Å². The number of benzene rings is 2. The molecule has 210 valence electrons. The lowest BCUT2D eigenvalue weighted by atomic mass is 10.0. The molecule has 0 radical (unpaired) electrons. The van der Waals surface area contributed by atoms with Gasteiger partial charge in [-0.05, 0) is 74.3 Å². The van der Waals surface area contributed by atoms with Crippen LogP contribution in [-0.2, 0) is 23.9 Å². The number of hydrogen-bond donors (Lipinski definition) is 2. The number of halogens is 3. The highest BCUT2D eigenvalue weighted by Gasteiger charge is 2.36. The highest BCUT2D eigenvalue weighted by Crippen LogP contribution is 2.35. The summed E-state index contributed by atoms with van der Waals surface area (Å²) in [5.41, 5.74) is 3.15. The molecule has 1 aromatic heterocycles. The molecule has 40 heavy (non-hydrogen) atoms. The molecule has 2 aromatic carbocycles. The highest BCUT2D eigenvalue weighted by atomic mass is 19.4. The maximum atomic E-state index is 12.8. The minimum Gasteiger partial charge on any atom is -0.371 e. The third kappa shape index (κ3) is 5.62. The molecule has 2 N–H and O–H groups in total. The van der Waals surface area contributed by atoms with E-state index in [9.17, 15) is 18.0 Å². The predicted octanol–water partition coefficient (Wildman–Crippen LogP) is 5.55. The van der Waals surface area contributed by atoms with Crippen molar-refractivity contribution >= 4 is 23.2 Å². The maximum absolute atomic E-state index is 12.8. The average Bonchev–Trinajstić information content (AvgIpc) is 3.29. The smallest absolute Gasteiger partial charge is 0.371 e. The Morgan fingerprint density at radius 1 is 0.975 bits per heavy atom. The van der Waals surface area contributed by atoms with Crippen molar-refractivity contribution in [1.82, 2.24) is 14.9 Å². The fourth-order valence-electron chi connectivity index (χ4n) is 5.65. The number of likely N-dealkylation sites (N-methyl/N-ethyl adjacent to an activating group) is 1. The van der Waals surface area contributed by atoms with Gasteiger partial charge in [0.05, 0.1) is 23.5 Å². The van der Waals surface area contributed by atoms with E-state index in [1.165, 1.54) is 17.7 Å². The number of carbonyl (C=O) groups excluding carboxylic acids is 1. The predicted molar refractivity (Wildman–Crippen MR) is 146 cm³/mol. The van der Waals surface area contributed by atoms with Crippen molar-refractivity contribution in [3.05, 3.63) is 65.4 Å². The zero-order valence-corrected chi connectivity index (χ0v) is 22.2. The minimum absolute atomic E-state index is 0.252. The fraction of sp³-hybridized carbons (Fsp3) is 0.414. The number of alkyl halides is 3. The van der Waals surface area contributed by atoms with E-state index in [4.69, 9.17) is 14.7 Å². The quantitative estimate of drug-likeness (QED) is 0.432. The highest BCUT2D eigenvalue weighted by molar-refractivity contribution is 5.99. The molecular formula is C29H31F3N6O2. The van der Waals surface area contributed by atoms with Crippen molar-refractivity contribution in [2.24, 2.45) is 0 Å². The largest absolute Gasteiger partial charge is 0.416 e. The van der Waals surface area contributed by atoms with E-state index in [1.54, 1.807) is 12.1 Å². The van der Waals surface area contributed by atoms with Gasteiger partial charge >= 0.3 is 12.2 Å². The van der Waals surface area contributed by atoms with Gasteiger partial charge in [0.2, 0.25) is 0 Å². The SMILES string of the molecule is CCN1CCc2c(nc(-c3ccc(NC(=O)Nc4ccc(C(F)(F)F)cc4)cc3)nc2N2CC3CCC(C2)O3)C1. The first kappa shape index (κ1) is 26.5. The Balaban J connectivity index is 1.19. The Hall–Kier alpha value is -3.70. The molecule has 11 heteroatoms. The molecule has 2 saturated heterocycles. The lowest BCUT2D eigenvalue weighted by Crippen LogP contribution is -2.44. The van der Waals surface area contributed by atoms with Gasteiger partial charge in [-0.15, -0.1) is 0 Å². The third-order valence-corrected chi connectivity index (χ3v) is 7.78. The van der Waals surface area contributed by atoms with Crippen molar-refractivity contribution in [2.75, 3.05) is 41.7 Å². The van der Waals surface area contributed by atoms with Gasteiger partial charge in [-0.2, -0.15) is 13.2 Å². The lowest BCUT2D eigenvalue weighted by molar-refractivity contribution is -0.137. The van der Waals surface area contributed by atoms with Gasteiger partial charge in [0.15, 0.2) is 5.82 Å². The second-order valence-electron chi connectivity index (χ2n) is 10.5. The molecule has 4 heterocycles. The second-order valence-corrected chi connectivity index (χ2v) is 10.5. The zero-order chi connectivity index (χ0) is 27.9. The first-order valence-electron chi connectivity index (χ1n) is 13.6. The average molecular weight is 553 g/mol. The summed E-state index contributed by atoms with van der Waals surface area (Å²) in [7, 11) is 0. The summed E-state index contributed by atoms with van der Waals surface area (Å²) < 4.78 is 44.4. The van der Waals surface area contributed by atoms with Crippen molar-refractivity contribution in [2.45, 2.75) is 51.1 Å². The van der Waals surface area contributed by atoms with Gasteiger partial charge in [0, 0.05) is 48.7 Å². The third-order valence-electron chi connectivity index (χ3n) is 7.78. The Morgan fingerprint density at radius 2 is 1.60 bits per heavy atom. The van der Waals surface area contributed by atoms with Gasteiger partial charge in [0.25, 0.3) is 0 Å². The van der Waals surface area contributed by atoms with E-state index in [1.807, 2.05) is 12.1 Å². The second kappa shape index (κ2) is 10.7. The number of fused-ring (bicyclic) bond motifs is 3. The molecule has 8 nitrogen and oxygen atoms in total. The molecule has 2 atom stereocenters. The summed E-state index contributed by atoms with van der Waals surface area (Å²) in [6.07, 6.45) is -0.826. The van der Waals surface area contributed by atoms with Crippen molar-refractivity contribution in [3.8, 4) is 11.4 Å². The van der Waals surface area contributed by atoms with Crippen LogP contribution in [0, 0.1) is 0 Å². The maximum Gasteiger partial charge on any atom is 0.416 e. The van der Waals surface area contributed by atoms with Crippen LogP contribution in [0.3, 0.4) is 0 Å². The zero-order valence-electron chi connectivity index (χ0n) is 22.2. The molecule has 2 bridgehead atoms. The summed E-state index contributed by atoms with van der Waals surface area (Å²) in [6.45, 7) is 6.58. The summed E-state index contributed by atoms with van der Waals surface area (Å²) in [6, 6.07) is 11.0. The lowest BCUT2D eigenvalue weighted by Gasteiger charge is -2.36. The molecular weight excluding hydrogens is 521 g/mol.